The van der Waals surface area contributed by atoms with Gasteiger partial charge in [0.15, 0.2) is 0 Å². The summed E-state index contributed by atoms with van der Waals surface area (Å²) in [6, 6.07) is 8.04. The number of hydrogen-bond acceptors (Lipinski definition) is 4. The Morgan fingerprint density at radius 2 is 1.72 bits per heavy atom. The number of benzene rings is 1. The van der Waals surface area contributed by atoms with Gasteiger partial charge in [-0.1, -0.05) is 29.8 Å². The number of hydrogen-bond donors (Lipinski definition) is 1. The summed E-state index contributed by atoms with van der Waals surface area (Å²) in [5, 5.41) is 3.02. The maximum Gasteiger partial charge on any atom is 0.237 e. The highest BCUT2D eigenvalue weighted by Crippen LogP contribution is 2.08. The van der Waals surface area contributed by atoms with Gasteiger partial charge in [-0.15, -0.1) is 0 Å². The molecule has 2 rings (SSSR count). The number of likely N-dealkylation sites (N-methyl/N-ethyl adjacent to an activating group) is 1. The van der Waals surface area contributed by atoms with Crippen LogP contribution >= 0.6 is 0 Å². The van der Waals surface area contributed by atoms with Gasteiger partial charge in [-0.3, -0.25) is 19.4 Å². The molecule has 1 heterocycles. The molecule has 1 atom stereocenters. The van der Waals surface area contributed by atoms with Gasteiger partial charge in [0.05, 0.1) is 12.6 Å². The van der Waals surface area contributed by atoms with Crippen molar-refractivity contribution in [3.8, 4) is 0 Å². The van der Waals surface area contributed by atoms with Crippen molar-refractivity contribution in [1.29, 1.82) is 0 Å². The second kappa shape index (κ2) is 8.97. The summed E-state index contributed by atoms with van der Waals surface area (Å²) < 4.78 is 0. The maximum absolute atomic E-state index is 12.4. The normalized spacial score (nSPS) is 17.1. The minimum Gasteiger partial charge on any atom is -0.351 e. The van der Waals surface area contributed by atoms with E-state index in [-0.39, 0.29) is 17.9 Å². The van der Waals surface area contributed by atoms with Gasteiger partial charge in [-0.05, 0) is 19.4 Å². The lowest BCUT2D eigenvalue weighted by Gasteiger charge is -2.37. The van der Waals surface area contributed by atoms with Crippen LogP contribution in [0.15, 0.2) is 24.3 Å². The fraction of sp³-hybridized carbons (Fsp3) is 0.579. The third-order valence-corrected chi connectivity index (χ3v) is 4.78. The molecule has 1 aromatic carbocycles. The van der Waals surface area contributed by atoms with Crippen molar-refractivity contribution in [3.63, 3.8) is 0 Å². The van der Waals surface area contributed by atoms with Crippen LogP contribution in [0.5, 0.6) is 0 Å². The molecular formula is C19H30N4O2. The van der Waals surface area contributed by atoms with Gasteiger partial charge < -0.3 is 10.2 Å². The molecule has 0 saturated carbocycles. The van der Waals surface area contributed by atoms with Crippen LogP contribution in [0.1, 0.15) is 18.1 Å². The van der Waals surface area contributed by atoms with E-state index in [2.05, 4.69) is 34.2 Å². The summed E-state index contributed by atoms with van der Waals surface area (Å²) in [7, 11) is 3.55. The van der Waals surface area contributed by atoms with Gasteiger partial charge in [0.2, 0.25) is 11.8 Å². The average molecular weight is 346 g/mol. The molecule has 138 valence electrons. The van der Waals surface area contributed by atoms with Crippen LogP contribution in [-0.4, -0.2) is 79.4 Å². The van der Waals surface area contributed by atoms with Crippen LogP contribution in [0.2, 0.25) is 0 Å². The molecular weight excluding hydrogens is 316 g/mol. The summed E-state index contributed by atoms with van der Waals surface area (Å²) in [4.78, 5) is 30.1. The van der Waals surface area contributed by atoms with E-state index < -0.39 is 0 Å². The number of carbonyl (C=O) groups is 2. The molecule has 25 heavy (non-hydrogen) atoms. The van der Waals surface area contributed by atoms with Crippen LogP contribution in [0.4, 0.5) is 0 Å². The van der Waals surface area contributed by atoms with E-state index in [4.69, 9.17) is 0 Å². The fourth-order valence-electron chi connectivity index (χ4n) is 2.85. The number of nitrogens with zero attached hydrogens (tertiary/aromatic N) is 3. The third-order valence-electron chi connectivity index (χ3n) is 4.78. The first-order chi connectivity index (χ1) is 11.9. The molecule has 1 N–H and O–H groups in total. The Labute approximate surface area is 150 Å². The predicted octanol–water partition coefficient (Wildman–Crippen LogP) is 0.706. The highest BCUT2D eigenvalue weighted by atomic mass is 16.2. The SMILES string of the molecule is Cc1ccc(CNC(=O)C(C)N2CCN(CC(=O)N(C)C)CC2)cc1. The third kappa shape index (κ3) is 5.83. The number of aryl methyl sites for hydroxylation is 1. The largest absolute Gasteiger partial charge is 0.351 e. The zero-order chi connectivity index (χ0) is 18.4. The first-order valence-electron chi connectivity index (χ1n) is 8.86. The molecule has 0 spiro atoms. The van der Waals surface area contributed by atoms with E-state index in [9.17, 15) is 9.59 Å². The summed E-state index contributed by atoms with van der Waals surface area (Å²) in [5.74, 6) is 0.177. The van der Waals surface area contributed by atoms with E-state index in [1.165, 1.54) is 5.56 Å². The second-order valence-electron chi connectivity index (χ2n) is 6.98. The molecule has 6 heteroatoms. The van der Waals surface area contributed by atoms with Crippen molar-refractivity contribution in [1.82, 2.24) is 20.0 Å². The van der Waals surface area contributed by atoms with Crippen molar-refractivity contribution in [3.05, 3.63) is 35.4 Å². The first-order valence-corrected chi connectivity index (χ1v) is 8.86. The van der Waals surface area contributed by atoms with Gasteiger partial charge in [0.1, 0.15) is 0 Å². The molecule has 6 nitrogen and oxygen atoms in total. The average Bonchev–Trinajstić information content (AvgIpc) is 2.61. The Hall–Kier alpha value is -1.92. The van der Waals surface area contributed by atoms with Gasteiger partial charge >= 0.3 is 0 Å². The lowest BCUT2D eigenvalue weighted by atomic mass is 10.1. The molecule has 2 amide bonds. The van der Waals surface area contributed by atoms with Crippen molar-refractivity contribution in [2.45, 2.75) is 26.4 Å². The topological polar surface area (TPSA) is 55.9 Å². The predicted molar refractivity (Wildman–Crippen MR) is 99.2 cm³/mol. The zero-order valence-electron chi connectivity index (χ0n) is 15.8. The van der Waals surface area contributed by atoms with Crippen LogP contribution in [0.25, 0.3) is 0 Å². The van der Waals surface area contributed by atoms with Gasteiger partial charge in [-0.2, -0.15) is 0 Å². The Balaban J connectivity index is 1.75. The maximum atomic E-state index is 12.4. The standard InChI is InChI=1S/C19H30N4O2/c1-15-5-7-17(8-6-15)13-20-19(25)16(2)23-11-9-22(10-12-23)14-18(24)21(3)4/h5-8,16H,9-14H2,1-4H3,(H,20,25). The van der Waals surface area contributed by atoms with Crippen molar-refractivity contribution in [2.24, 2.45) is 0 Å². The van der Waals surface area contributed by atoms with E-state index >= 15 is 0 Å². The molecule has 1 unspecified atom stereocenters. The first kappa shape index (κ1) is 19.4. The Morgan fingerprint density at radius 1 is 1.12 bits per heavy atom. The zero-order valence-corrected chi connectivity index (χ0v) is 15.8. The van der Waals surface area contributed by atoms with Gasteiger partial charge in [0, 0.05) is 46.8 Å². The Morgan fingerprint density at radius 3 is 2.28 bits per heavy atom. The number of nitrogens with one attached hydrogen (secondary N) is 1. The Bertz CT molecular complexity index is 578. The van der Waals surface area contributed by atoms with E-state index in [1.54, 1.807) is 19.0 Å². The van der Waals surface area contributed by atoms with E-state index in [0.29, 0.717) is 13.1 Å². The minimum absolute atomic E-state index is 0.0541. The highest BCUT2D eigenvalue weighted by molar-refractivity contribution is 5.81. The summed E-state index contributed by atoms with van der Waals surface area (Å²) >= 11 is 0. The Kier molecular flexibility index (Phi) is 6.96. The number of piperazine rings is 1. The fourth-order valence-corrected chi connectivity index (χ4v) is 2.85. The van der Waals surface area contributed by atoms with E-state index in [0.717, 1.165) is 31.7 Å². The smallest absolute Gasteiger partial charge is 0.237 e. The molecule has 1 aliphatic heterocycles. The quantitative estimate of drug-likeness (QED) is 0.824. The van der Waals surface area contributed by atoms with Crippen LogP contribution in [-0.2, 0) is 16.1 Å². The lowest BCUT2D eigenvalue weighted by Crippen LogP contribution is -2.55. The molecule has 1 fully saturated rings. The number of carbonyl (C=O) groups excluding carboxylic acids is 2. The van der Waals surface area contributed by atoms with Crippen molar-refractivity contribution < 1.29 is 9.59 Å². The van der Waals surface area contributed by atoms with Crippen LogP contribution < -0.4 is 5.32 Å². The summed E-state index contributed by atoms with van der Waals surface area (Å²) in [6.07, 6.45) is 0. The van der Waals surface area contributed by atoms with Crippen molar-refractivity contribution in [2.75, 3.05) is 46.8 Å². The summed E-state index contributed by atoms with van der Waals surface area (Å²) in [5.41, 5.74) is 2.33. The monoisotopic (exact) mass is 346 g/mol. The molecule has 1 saturated heterocycles. The van der Waals surface area contributed by atoms with Crippen LogP contribution in [0.3, 0.4) is 0 Å². The van der Waals surface area contributed by atoms with Crippen molar-refractivity contribution >= 4 is 11.8 Å². The minimum atomic E-state index is -0.155. The molecule has 0 bridgehead atoms. The number of amides is 2. The highest BCUT2D eigenvalue weighted by Gasteiger charge is 2.26. The van der Waals surface area contributed by atoms with Crippen LogP contribution in [0, 0.1) is 6.92 Å². The summed E-state index contributed by atoms with van der Waals surface area (Å²) in [6.45, 7) is 8.25. The molecule has 0 aliphatic carbocycles. The molecule has 1 aliphatic rings. The lowest BCUT2D eigenvalue weighted by molar-refractivity contribution is -0.131. The van der Waals surface area contributed by atoms with E-state index in [1.807, 2.05) is 19.1 Å². The molecule has 0 radical (unpaired) electrons. The molecule has 1 aromatic rings. The van der Waals surface area contributed by atoms with Gasteiger partial charge in [-0.25, -0.2) is 0 Å². The molecule has 0 aromatic heterocycles. The number of rotatable bonds is 6. The second-order valence-corrected chi connectivity index (χ2v) is 6.98. The van der Waals surface area contributed by atoms with Gasteiger partial charge in [0.25, 0.3) is 0 Å².